The second-order valence-electron chi connectivity index (χ2n) is 5.48. The second kappa shape index (κ2) is 9.20. The van der Waals surface area contributed by atoms with Gasteiger partial charge in [0.05, 0.1) is 12.0 Å². The van der Waals surface area contributed by atoms with Crippen LogP contribution in [-0.4, -0.2) is 35.1 Å². The zero-order valence-electron chi connectivity index (χ0n) is 15.4. The summed E-state index contributed by atoms with van der Waals surface area (Å²) in [5, 5.41) is 2.65. The molecule has 0 bridgehead atoms. The van der Waals surface area contributed by atoms with E-state index in [9.17, 15) is 13.2 Å². The van der Waals surface area contributed by atoms with Crippen molar-refractivity contribution in [1.29, 1.82) is 0 Å². The number of allylic oxidation sites excluding steroid dienone is 1. The molecule has 0 unspecified atom stereocenters. The van der Waals surface area contributed by atoms with Crippen molar-refractivity contribution in [2.24, 2.45) is 0 Å². The fourth-order valence-electron chi connectivity index (χ4n) is 2.28. The van der Waals surface area contributed by atoms with Gasteiger partial charge in [0.2, 0.25) is 10.0 Å². The van der Waals surface area contributed by atoms with Gasteiger partial charge >= 0.3 is 0 Å². The number of rotatable bonds is 8. The molecule has 144 valence electrons. The monoisotopic (exact) mass is 390 g/mol. The van der Waals surface area contributed by atoms with Gasteiger partial charge in [-0.1, -0.05) is 18.2 Å². The number of nitrogens with one attached hydrogen (secondary N) is 2. The molecule has 0 atom stereocenters. The molecule has 0 saturated carbocycles. The molecule has 7 nitrogen and oxygen atoms in total. The normalized spacial score (nSPS) is 11.4. The number of hydrogen-bond donors (Lipinski definition) is 2. The molecule has 0 aromatic heterocycles. The van der Waals surface area contributed by atoms with E-state index in [1.54, 1.807) is 6.07 Å². The fourth-order valence-corrected chi connectivity index (χ4v) is 3.01. The minimum atomic E-state index is -3.51. The minimum absolute atomic E-state index is 0.116. The highest BCUT2D eigenvalue weighted by Gasteiger charge is 2.12. The molecule has 0 aliphatic carbocycles. The van der Waals surface area contributed by atoms with Crippen molar-refractivity contribution in [2.75, 3.05) is 26.1 Å². The van der Waals surface area contributed by atoms with Crippen LogP contribution in [0.1, 0.15) is 12.5 Å². The van der Waals surface area contributed by atoms with E-state index in [4.69, 9.17) is 9.47 Å². The maximum atomic E-state index is 12.1. The van der Waals surface area contributed by atoms with Crippen molar-refractivity contribution in [1.82, 2.24) is 4.72 Å². The standard InChI is InChI=1S/C19H22N2O5S/c1-4-5-14-6-11-17(18(12-14)25-3)26-13-19(22)21-15-7-9-16(10-8-15)27(23,24)20-2/h4-12,20H,13H2,1-3H3,(H,21,22)/b5-4+. The summed E-state index contributed by atoms with van der Waals surface area (Å²) in [7, 11) is -0.646. The van der Waals surface area contributed by atoms with E-state index >= 15 is 0 Å². The Kier molecular flexibility index (Phi) is 6.98. The lowest BCUT2D eigenvalue weighted by Gasteiger charge is -2.12. The van der Waals surface area contributed by atoms with E-state index in [-0.39, 0.29) is 17.4 Å². The zero-order chi connectivity index (χ0) is 19.9. The summed E-state index contributed by atoms with van der Waals surface area (Å²) >= 11 is 0. The lowest BCUT2D eigenvalue weighted by Crippen LogP contribution is -2.21. The predicted octanol–water partition coefficient (Wildman–Crippen LogP) is 2.65. The Hall–Kier alpha value is -2.84. The Balaban J connectivity index is 1.98. The third-order valence-electron chi connectivity index (χ3n) is 3.62. The van der Waals surface area contributed by atoms with Crippen LogP contribution in [0.25, 0.3) is 6.08 Å². The molecule has 27 heavy (non-hydrogen) atoms. The van der Waals surface area contributed by atoms with Gasteiger partial charge in [0.1, 0.15) is 0 Å². The molecule has 0 fully saturated rings. The predicted molar refractivity (Wildman–Crippen MR) is 105 cm³/mol. The number of carbonyl (C=O) groups excluding carboxylic acids is 1. The van der Waals surface area contributed by atoms with Crippen molar-refractivity contribution < 1.29 is 22.7 Å². The molecule has 0 radical (unpaired) electrons. The van der Waals surface area contributed by atoms with E-state index in [0.717, 1.165) is 5.56 Å². The third-order valence-corrected chi connectivity index (χ3v) is 5.05. The van der Waals surface area contributed by atoms with Crippen LogP contribution in [-0.2, 0) is 14.8 Å². The van der Waals surface area contributed by atoms with E-state index in [1.807, 2.05) is 31.2 Å². The SMILES string of the molecule is C/C=C/c1ccc(OCC(=O)Nc2ccc(S(=O)(=O)NC)cc2)c(OC)c1. The summed E-state index contributed by atoms with van der Waals surface area (Å²) in [5.41, 5.74) is 1.43. The maximum absolute atomic E-state index is 12.1. The summed E-state index contributed by atoms with van der Waals surface area (Å²) in [4.78, 5) is 12.2. The molecule has 0 aliphatic rings. The maximum Gasteiger partial charge on any atom is 0.262 e. The Labute approximate surface area is 159 Å². The van der Waals surface area contributed by atoms with Crippen molar-refractivity contribution in [3.05, 3.63) is 54.1 Å². The van der Waals surface area contributed by atoms with Gasteiger partial charge in [-0.05, 0) is 55.9 Å². The van der Waals surface area contributed by atoms with Crippen molar-refractivity contribution in [3.63, 3.8) is 0 Å². The number of anilines is 1. The Morgan fingerprint density at radius 2 is 1.81 bits per heavy atom. The summed E-state index contributed by atoms with van der Waals surface area (Å²) < 4.78 is 36.4. The molecule has 0 heterocycles. The van der Waals surface area contributed by atoms with Gasteiger partial charge in [-0.25, -0.2) is 13.1 Å². The first-order valence-electron chi connectivity index (χ1n) is 8.16. The largest absolute Gasteiger partial charge is 0.493 e. The van der Waals surface area contributed by atoms with Gasteiger partial charge in [0, 0.05) is 5.69 Å². The van der Waals surface area contributed by atoms with Crippen LogP contribution < -0.4 is 19.5 Å². The summed E-state index contributed by atoms with van der Waals surface area (Å²) in [6.45, 7) is 1.71. The third kappa shape index (κ3) is 5.57. The quantitative estimate of drug-likeness (QED) is 0.723. The van der Waals surface area contributed by atoms with Crippen LogP contribution in [0.5, 0.6) is 11.5 Å². The Morgan fingerprint density at radius 3 is 2.41 bits per heavy atom. The molecule has 0 aliphatic heterocycles. The Morgan fingerprint density at radius 1 is 1.11 bits per heavy atom. The molecule has 2 aromatic rings. The van der Waals surface area contributed by atoms with Crippen LogP contribution in [0.15, 0.2) is 53.4 Å². The molecule has 1 amide bonds. The Bertz CT molecular complexity index is 922. The first-order valence-corrected chi connectivity index (χ1v) is 9.65. The van der Waals surface area contributed by atoms with Gasteiger partial charge < -0.3 is 14.8 Å². The number of benzene rings is 2. The lowest BCUT2D eigenvalue weighted by molar-refractivity contribution is -0.118. The first kappa shape index (κ1) is 20.5. The molecule has 0 saturated heterocycles. The number of hydrogen-bond acceptors (Lipinski definition) is 5. The van der Waals surface area contributed by atoms with Gasteiger partial charge in [0.25, 0.3) is 5.91 Å². The van der Waals surface area contributed by atoms with E-state index in [1.165, 1.54) is 38.4 Å². The number of methoxy groups -OCH3 is 1. The number of ether oxygens (including phenoxy) is 2. The van der Waals surface area contributed by atoms with Crippen molar-refractivity contribution >= 4 is 27.7 Å². The highest BCUT2D eigenvalue weighted by Crippen LogP contribution is 2.28. The van der Waals surface area contributed by atoms with Crippen LogP contribution in [0.2, 0.25) is 0 Å². The fraction of sp³-hybridized carbons (Fsp3) is 0.211. The first-order chi connectivity index (χ1) is 12.9. The lowest BCUT2D eigenvalue weighted by atomic mass is 10.2. The average Bonchev–Trinajstić information content (AvgIpc) is 2.67. The zero-order valence-corrected chi connectivity index (χ0v) is 16.2. The molecule has 8 heteroatoms. The van der Waals surface area contributed by atoms with Crippen molar-refractivity contribution in [3.8, 4) is 11.5 Å². The molecule has 0 spiro atoms. The van der Waals surface area contributed by atoms with Crippen LogP contribution in [0, 0.1) is 0 Å². The van der Waals surface area contributed by atoms with Crippen LogP contribution in [0.4, 0.5) is 5.69 Å². The van der Waals surface area contributed by atoms with Crippen molar-refractivity contribution in [2.45, 2.75) is 11.8 Å². The van der Waals surface area contributed by atoms with E-state index < -0.39 is 10.0 Å². The second-order valence-corrected chi connectivity index (χ2v) is 7.37. The highest BCUT2D eigenvalue weighted by molar-refractivity contribution is 7.89. The summed E-state index contributed by atoms with van der Waals surface area (Å²) in [6, 6.07) is 11.2. The number of amides is 1. The van der Waals surface area contributed by atoms with Gasteiger partial charge in [-0.2, -0.15) is 0 Å². The number of sulfonamides is 1. The number of carbonyl (C=O) groups is 1. The highest BCUT2D eigenvalue weighted by atomic mass is 32.2. The average molecular weight is 390 g/mol. The minimum Gasteiger partial charge on any atom is -0.493 e. The summed E-state index contributed by atoms with van der Waals surface area (Å²) in [6.07, 6.45) is 3.84. The summed E-state index contributed by atoms with van der Waals surface area (Å²) in [5.74, 6) is 0.607. The van der Waals surface area contributed by atoms with E-state index in [0.29, 0.717) is 17.2 Å². The van der Waals surface area contributed by atoms with Gasteiger partial charge in [0.15, 0.2) is 18.1 Å². The molecular weight excluding hydrogens is 368 g/mol. The van der Waals surface area contributed by atoms with Gasteiger partial charge in [-0.3, -0.25) is 4.79 Å². The van der Waals surface area contributed by atoms with Crippen LogP contribution >= 0.6 is 0 Å². The molecular formula is C19H22N2O5S. The van der Waals surface area contributed by atoms with Crippen LogP contribution in [0.3, 0.4) is 0 Å². The molecule has 2 aromatic carbocycles. The smallest absolute Gasteiger partial charge is 0.262 e. The van der Waals surface area contributed by atoms with Gasteiger partial charge in [-0.15, -0.1) is 0 Å². The topological polar surface area (TPSA) is 93.7 Å². The molecule has 2 N–H and O–H groups in total. The van der Waals surface area contributed by atoms with E-state index in [2.05, 4.69) is 10.0 Å². The molecule has 2 rings (SSSR count).